The van der Waals surface area contributed by atoms with Crippen LogP contribution in [0.5, 0.6) is 5.75 Å². The van der Waals surface area contributed by atoms with Gasteiger partial charge in [-0.1, -0.05) is 18.2 Å². The van der Waals surface area contributed by atoms with Crippen molar-refractivity contribution in [1.29, 1.82) is 0 Å². The molecule has 1 aliphatic rings. The molecule has 5 nitrogen and oxygen atoms in total. The molecule has 0 spiro atoms. The molecule has 1 saturated heterocycles. The molecule has 0 aromatic heterocycles. The first-order valence-electron chi connectivity index (χ1n) is 8.08. The van der Waals surface area contributed by atoms with Crippen molar-refractivity contribution in [3.8, 4) is 5.75 Å². The molecule has 2 aromatic rings. The van der Waals surface area contributed by atoms with Crippen molar-refractivity contribution in [3.05, 3.63) is 53.8 Å². The van der Waals surface area contributed by atoms with Gasteiger partial charge in [-0.05, 0) is 36.8 Å². The SMILES string of the molecule is COc1ccc(F)cc1S(=O)(=O)N1CCN(c2ccccc2C)CC1. The molecule has 7 heteroatoms. The van der Waals surface area contributed by atoms with Crippen LogP contribution >= 0.6 is 0 Å². The van der Waals surface area contributed by atoms with E-state index in [9.17, 15) is 12.8 Å². The highest BCUT2D eigenvalue weighted by atomic mass is 32.2. The van der Waals surface area contributed by atoms with Crippen LogP contribution in [0.15, 0.2) is 47.4 Å². The molecule has 3 rings (SSSR count). The van der Waals surface area contributed by atoms with Crippen LogP contribution in [0.4, 0.5) is 10.1 Å². The molecule has 0 saturated carbocycles. The molecule has 134 valence electrons. The molecule has 1 aliphatic heterocycles. The highest BCUT2D eigenvalue weighted by molar-refractivity contribution is 7.89. The van der Waals surface area contributed by atoms with Gasteiger partial charge in [0.05, 0.1) is 7.11 Å². The molecule has 2 aromatic carbocycles. The van der Waals surface area contributed by atoms with Crippen LogP contribution in [-0.2, 0) is 10.0 Å². The maximum Gasteiger partial charge on any atom is 0.246 e. The first kappa shape index (κ1) is 17.7. The van der Waals surface area contributed by atoms with Crippen molar-refractivity contribution in [1.82, 2.24) is 4.31 Å². The van der Waals surface area contributed by atoms with Crippen LogP contribution in [-0.4, -0.2) is 46.0 Å². The van der Waals surface area contributed by atoms with E-state index in [0.29, 0.717) is 26.2 Å². The zero-order valence-corrected chi connectivity index (χ0v) is 15.1. The second-order valence-corrected chi connectivity index (χ2v) is 7.88. The first-order chi connectivity index (χ1) is 11.9. The number of hydrogen-bond acceptors (Lipinski definition) is 4. The lowest BCUT2D eigenvalue weighted by Gasteiger charge is -2.36. The van der Waals surface area contributed by atoms with Crippen LogP contribution in [0.25, 0.3) is 0 Å². The smallest absolute Gasteiger partial charge is 0.246 e. The van der Waals surface area contributed by atoms with Crippen molar-refractivity contribution in [3.63, 3.8) is 0 Å². The van der Waals surface area contributed by atoms with Gasteiger partial charge < -0.3 is 9.64 Å². The Morgan fingerprint density at radius 2 is 1.72 bits per heavy atom. The highest BCUT2D eigenvalue weighted by Gasteiger charge is 2.31. The summed E-state index contributed by atoms with van der Waals surface area (Å²) in [6.07, 6.45) is 0. The van der Waals surface area contributed by atoms with Crippen LogP contribution in [0.3, 0.4) is 0 Å². The normalized spacial score (nSPS) is 16.0. The summed E-state index contributed by atoms with van der Waals surface area (Å²) in [4.78, 5) is 2.05. The Balaban J connectivity index is 1.81. The van der Waals surface area contributed by atoms with Crippen molar-refractivity contribution < 1.29 is 17.5 Å². The zero-order chi connectivity index (χ0) is 18.0. The second kappa shape index (κ2) is 7.01. The van der Waals surface area contributed by atoms with E-state index in [-0.39, 0.29) is 10.6 Å². The lowest BCUT2D eigenvalue weighted by atomic mass is 10.1. The van der Waals surface area contributed by atoms with Crippen molar-refractivity contribution in [2.45, 2.75) is 11.8 Å². The molecule has 0 amide bonds. The minimum Gasteiger partial charge on any atom is -0.495 e. The fraction of sp³-hybridized carbons (Fsp3) is 0.333. The Labute approximate surface area is 147 Å². The number of ether oxygens (including phenoxy) is 1. The molecule has 0 unspecified atom stereocenters. The van der Waals surface area contributed by atoms with E-state index in [4.69, 9.17) is 4.74 Å². The highest BCUT2D eigenvalue weighted by Crippen LogP contribution is 2.29. The largest absolute Gasteiger partial charge is 0.495 e. The van der Waals surface area contributed by atoms with Crippen LogP contribution in [0.1, 0.15) is 5.56 Å². The number of methoxy groups -OCH3 is 1. The van der Waals surface area contributed by atoms with Gasteiger partial charge in [-0.3, -0.25) is 0 Å². The molecule has 0 atom stereocenters. The maximum atomic E-state index is 13.6. The molecule has 1 fully saturated rings. The minimum absolute atomic E-state index is 0.126. The number of benzene rings is 2. The van der Waals surface area contributed by atoms with Gasteiger partial charge in [-0.2, -0.15) is 4.31 Å². The molecule has 25 heavy (non-hydrogen) atoms. The van der Waals surface area contributed by atoms with E-state index in [2.05, 4.69) is 4.90 Å². The van der Waals surface area contributed by atoms with Crippen LogP contribution in [0, 0.1) is 12.7 Å². The van der Waals surface area contributed by atoms with Crippen molar-refractivity contribution in [2.24, 2.45) is 0 Å². The molecule has 0 N–H and O–H groups in total. The summed E-state index contributed by atoms with van der Waals surface area (Å²) in [7, 11) is -2.42. The third-order valence-electron chi connectivity index (χ3n) is 4.44. The molecule has 0 radical (unpaired) electrons. The summed E-state index contributed by atoms with van der Waals surface area (Å²) in [6.45, 7) is 3.90. The van der Waals surface area contributed by atoms with E-state index < -0.39 is 15.8 Å². The summed E-state index contributed by atoms with van der Waals surface area (Å²) in [5.41, 5.74) is 2.27. The summed E-state index contributed by atoms with van der Waals surface area (Å²) >= 11 is 0. The van der Waals surface area contributed by atoms with Crippen molar-refractivity contribution >= 4 is 15.7 Å². The third-order valence-corrected chi connectivity index (χ3v) is 6.36. The molecular weight excluding hydrogens is 343 g/mol. The fourth-order valence-electron chi connectivity index (χ4n) is 3.08. The van der Waals surface area contributed by atoms with Gasteiger partial charge in [0.2, 0.25) is 10.0 Å². The summed E-state index contributed by atoms with van der Waals surface area (Å²) < 4.78 is 45.8. The fourth-order valence-corrected chi connectivity index (χ4v) is 4.67. The Kier molecular flexibility index (Phi) is 4.96. The zero-order valence-electron chi connectivity index (χ0n) is 14.3. The number of hydrogen-bond donors (Lipinski definition) is 0. The minimum atomic E-state index is -3.80. The quantitative estimate of drug-likeness (QED) is 0.837. The summed E-state index contributed by atoms with van der Waals surface area (Å²) in [5, 5.41) is 0. The molecule has 0 bridgehead atoms. The Hall–Kier alpha value is -2.12. The number of piperazine rings is 1. The Morgan fingerprint density at radius 1 is 1.04 bits per heavy atom. The standard InChI is InChI=1S/C18H21FN2O3S/c1-14-5-3-4-6-16(14)20-9-11-21(12-10-20)25(22,23)18-13-15(19)7-8-17(18)24-2/h3-8,13H,9-12H2,1-2H3. The third kappa shape index (κ3) is 3.48. The number of sulfonamides is 1. The Morgan fingerprint density at radius 3 is 2.36 bits per heavy atom. The van der Waals surface area contributed by atoms with E-state index in [1.54, 1.807) is 0 Å². The monoisotopic (exact) mass is 364 g/mol. The van der Waals surface area contributed by atoms with Gasteiger partial charge in [0, 0.05) is 31.9 Å². The van der Waals surface area contributed by atoms with Gasteiger partial charge in [-0.25, -0.2) is 12.8 Å². The predicted octanol–water partition coefficient (Wildman–Crippen LogP) is 2.65. The molecular formula is C18H21FN2O3S. The Bertz CT molecular complexity index is 862. The summed E-state index contributed by atoms with van der Waals surface area (Å²) in [5.74, 6) is -0.444. The van der Waals surface area contributed by atoms with Crippen molar-refractivity contribution in [2.75, 3.05) is 38.2 Å². The van der Waals surface area contributed by atoms with Gasteiger partial charge >= 0.3 is 0 Å². The number of nitrogens with zero attached hydrogens (tertiary/aromatic N) is 2. The first-order valence-corrected chi connectivity index (χ1v) is 9.52. The topological polar surface area (TPSA) is 49.9 Å². The van der Waals surface area contributed by atoms with Gasteiger partial charge in [0.1, 0.15) is 16.5 Å². The van der Waals surface area contributed by atoms with Crippen LogP contribution < -0.4 is 9.64 Å². The number of rotatable bonds is 4. The predicted molar refractivity (Wildman–Crippen MR) is 95.1 cm³/mol. The van der Waals surface area contributed by atoms with Crippen LogP contribution in [0.2, 0.25) is 0 Å². The van der Waals surface area contributed by atoms with Gasteiger partial charge in [0.25, 0.3) is 0 Å². The number of para-hydroxylation sites is 1. The second-order valence-electron chi connectivity index (χ2n) is 5.97. The van der Waals surface area contributed by atoms with E-state index in [1.165, 1.54) is 23.5 Å². The summed E-state index contributed by atoms with van der Waals surface area (Å²) in [6, 6.07) is 11.6. The lowest BCUT2D eigenvalue weighted by Crippen LogP contribution is -2.48. The number of anilines is 1. The average molecular weight is 364 g/mol. The molecule has 1 heterocycles. The lowest BCUT2D eigenvalue weighted by molar-refractivity contribution is 0.373. The van der Waals surface area contributed by atoms with Gasteiger partial charge in [0.15, 0.2) is 0 Å². The van der Waals surface area contributed by atoms with E-state index in [0.717, 1.165) is 17.3 Å². The van der Waals surface area contributed by atoms with E-state index >= 15 is 0 Å². The molecule has 0 aliphatic carbocycles. The number of halogens is 1. The average Bonchev–Trinajstić information content (AvgIpc) is 2.62. The van der Waals surface area contributed by atoms with E-state index in [1.807, 2.05) is 31.2 Å². The number of aryl methyl sites for hydroxylation is 1. The maximum absolute atomic E-state index is 13.6. The van der Waals surface area contributed by atoms with Gasteiger partial charge in [-0.15, -0.1) is 0 Å².